The lowest BCUT2D eigenvalue weighted by molar-refractivity contribution is 0.410. The quantitative estimate of drug-likeness (QED) is 0.807. The minimum absolute atomic E-state index is 0.403. The van der Waals surface area contributed by atoms with Crippen molar-refractivity contribution < 1.29 is 5.11 Å². The van der Waals surface area contributed by atoms with Gasteiger partial charge < -0.3 is 5.11 Å². The largest absolute Gasteiger partial charge is 0.508 e. The van der Waals surface area contributed by atoms with Crippen molar-refractivity contribution >= 4 is 0 Å². The fraction of sp³-hybridized carbons (Fsp3) is 0.375. The fourth-order valence-electron chi connectivity index (χ4n) is 2.52. The zero-order valence-electron chi connectivity index (χ0n) is 10.6. The summed E-state index contributed by atoms with van der Waals surface area (Å²) >= 11 is 0. The number of rotatable bonds is 3. The van der Waals surface area contributed by atoms with Crippen molar-refractivity contribution in [2.24, 2.45) is 5.92 Å². The lowest BCUT2D eigenvalue weighted by Crippen LogP contribution is -2.11. The molecule has 0 aliphatic heterocycles. The first-order valence-corrected chi connectivity index (χ1v) is 6.34. The molecule has 0 fully saturated rings. The molecule has 1 nitrogen and oxygen atoms in total. The Kier molecular flexibility index (Phi) is 3.68. The smallest absolute Gasteiger partial charge is 0.111 e. The molecule has 0 aromatic heterocycles. The summed E-state index contributed by atoms with van der Waals surface area (Å²) in [6.45, 7) is 4.35. The topological polar surface area (TPSA) is 20.2 Å². The second-order valence-electron chi connectivity index (χ2n) is 4.81. The molecule has 0 spiro atoms. The second kappa shape index (κ2) is 5.22. The van der Waals surface area contributed by atoms with Crippen LogP contribution in [0.4, 0.5) is 0 Å². The van der Waals surface area contributed by atoms with E-state index in [1.54, 1.807) is 0 Å². The SMILES string of the molecule is CCC(c1ccc(C)cc1)C1C=CC(O)=CC1. The lowest BCUT2D eigenvalue weighted by atomic mass is 9.80. The van der Waals surface area contributed by atoms with Gasteiger partial charge in [-0.15, -0.1) is 0 Å². The molecule has 17 heavy (non-hydrogen) atoms. The maximum absolute atomic E-state index is 9.36. The third-order valence-corrected chi connectivity index (χ3v) is 3.58. The summed E-state index contributed by atoms with van der Waals surface area (Å²) in [5, 5.41) is 9.36. The number of hydrogen-bond donors (Lipinski definition) is 1. The maximum Gasteiger partial charge on any atom is 0.111 e. The Morgan fingerprint density at radius 1 is 1.29 bits per heavy atom. The van der Waals surface area contributed by atoms with Crippen LogP contribution in [0.15, 0.2) is 48.3 Å². The average molecular weight is 228 g/mol. The maximum atomic E-state index is 9.36. The molecular formula is C16H20O. The molecule has 1 heteroatoms. The normalized spacial score (nSPS) is 21.1. The molecule has 1 N–H and O–H groups in total. The van der Waals surface area contributed by atoms with E-state index in [9.17, 15) is 5.11 Å². The molecule has 0 radical (unpaired) electrons. The van der Waals surface area contributed by atoms with Crippen LogP contribution >= 0.6 is 0 Å². The summed E-state index contributed by atoms with van der Waals surface area (Å²) in [5.74, 6) is 1.47. The fourth-order valence-corrected chi connectivity index (χ4v) is 2.52. The van der Waals surface area contributed by atoms with Gasteiger partial charge in [0.2, 0.25) is 0 Å². The third kappa shape index (κ3) is 2.79. The van der Waals surface area contributed by atoms with E-state index in [1.807, 2.05) is 12.2 Å². The van der Waals surface area contributed by atoms with Crippen LogP contribution in [-0.4, -0.2) is 5.11 Å². The standard InChI is InChI=1S/C16H20O/c1-3-16(13-6-4-12(2)5-7-13)14-8-10-15(17)11-9-14/h4-8,10-11,14,16-17H,3,9H2,1-2H3. The predicted molar refractivity (Wildman–Crippen MR) is 72.2 cm³/mol. The van der Waals surface area contributed by atoms with Gasteiger partial charge in [-0.25, -0.2) is 0 Å². The van der Waals surface area contributed by atoms with E-state index in [1.165, 1.54) is 11.1 Å². The highest BCUT2D eigenvalue weighted by atomic mass is 16.3. The molecule has 2 atom stereocenters. The zero-order chi connectivity index (χ0) is 12.3. The summed E-state index contributed by atoms with van der Waals surface area (Å²) in [6, 6.07) is 8.82. The number of aryl methyl sites for hydroxylation is 1. The molecule has 0 saturated heterocycles. The van der Waals surface area contributed by atoms with Gasteiger partial charge in [-0.3, -0.25) is 0 Å². The van der Waals surface area contributed by atoms with Crippen molar-refractivity contribution in [3.8, 4) is 0 Å². The molecule has 1 aromatic carbocycles. The Hall–Kier alpha value is -1.50. The molecule has 2 unspecified atom stereocenters. The van der Waals surface area contributed by atoms with Gasteiger partial charge in [-0.05, 0) is 49.3 Å². The molecule has 0 amide bonds. The van der Waals surface area contributed by atoms with Crippen molar-refractivity contribution in [3.63, 3.8) is 0 Å². The Morgan fingerprint density at radius 2 is 2.00 bits per heavy atom. The van der Waals surface area contributed by atoms with Crippen LogP contribution in [0.2, 0.25) is 0 Å². The highest BCUT2D eigenvalue weighted by molar-refractivity contribution is 5.28. The summed E-state index contributed by atoms with van der Waals surface area (Å²) in [6.07, 6.45) is 7.96. The van der Waals surface area contributed by atoms with Gasteiger partial charge in [0.1, 0.15) is 5.76 Å². The first-order valence-electron chi connectivity index (χ1n) is 6.34. The Balaban J connectivity index is 2.17. The van der Waals surface area contributed by atoms with Crippen LogP contribution in [-0.2, 0) is 0 Å². The van der Waals surface area contributed by atoms with Gasteiger partial charge in [-0.1, -0.05) is 42.8 Å². The van der Waals surface area contributed by atoms with Crippen LogP contribution in [0.5, 0.6) is 0 Å². The number of aliphatic hydroxyl groups excluding tert-OH is 1. The Bertz CT molecular complexity index is 425. The van der Waals surface area contributed by atoms with Gasteiger partial charge in [0.25, 0.3) is 0 Å². The van der Waals surface area contributed by atoms with Crippen molar-refractivity contribution in [2.75, 3.05) is 0 Å². The molecule has 1 aliphatic rings. The van der Waals surface area contributed by atoms with Crippen molar-refractivity contribution in [1.82, 2.24) is 0 Å². The molecule has 90 valence electrons. The van der Waals surface area contributed by atoms with Gasteiger partial charge in [0.15, 0.2) is 0 Å². The summed E-state index contributed by atoms with van der Waals surface area (Å²) in [4.78, 5) is 0. The molecule has 1 aromatic rings. The van der Waals surface area contributed by atoms with E-state index in [0.29, 0.717) is 17.6 Å². The van der Waals surface area contributed by atoms with Gasteiger partial charge in [0.05, 0.1) is 0 Å². The van der Waals surface area contributed by atoms with Crippen LogP contribution < -0.4 is 0 Å². The molecule has 2 rings (SSSR count). The van der Waals surface area contributed by atoms with E-state index in [-0.39, 0.29) is 0 Å². The monoisotopic (exact) mass is 228 g/mol. The van der Waals surface area contributed by atoms with Crippen molar-refractivity contribution in [1.29, 1.82) is 0 Å². The van der Waals surface area contributed by atoms with Crippen molar-refractivity contribution in [2.45, 2.75) is 32.6 Å². The molecule has 0 heterocycles. The molecule has 1 aliphatic carbocycles. The van der Waals surface area contributed by atoms with Gasteiger partial charge in [-0.2, -0.15) is 0 Å². The first kappa shape index (κ1) is 12.0. The van der Waals surface area contributed by atoms with Crippen LogP contribution in [0.1, 0.15) is 36.8 Å². The first-order chi connectivity index (χ1) is 8.20. The average Bonchev–Trinajstić information content (AvgIpc) is 2.35. The van der Waals surface area contributed by atoms with Crippen LogP contribution in [0, 0.1) is 12.8 Å². The molecular weight excluding hydrogens is 208 g/mol. The minimum atomic E-state index is 0.403. The van der Waals surface area contributed by atoms with Gasteiger partial charge >= 0.3 is 0 Å². The molecule has 0 bridgehead atoms. The van der Waals surface area contributed by atoms with E-state index in [0.717, 1.165) is 12.8 Å². The van der Waals surface area contributed by atoms with Crippen molar-refractivity contribution in [3.05, 3.63) is 59.4 Å². The van der Waals surface area contributed by atoms with Crippen LogP contribution in [0.25, 0.3) is 0 Å². The highest BCUT2D eigenvalue weighted by Crippen LogP contribution is 2.33. The van der Waals surface area contributed by atoms with E-state index < -0.39 is 0 Å². The van der Waals surface area contributed by atoms with Crippen LogP contribution in [0.3, 0.4) is 0 Å². The van der Waals surface area contributed by atoms with E-state index in [4.69, 9.17) is 0 Å². The number of hydrogen-bond acceptors (Lipinski definition) is 1. The summed E-state index contributed by atoms with van der Waals surface area (Å²) in [7, 11) is 0. The van der Waals surface area contributed by atoms with E-state index in [2.05, 4.69) is 44.2 Å². The van der Waals surface area contributed by atoms with E-state index >= 15 is 0 Å². The Labute approximate surface area is 103 Å². The molecule has 0 saturated carbocycles. The minimum Gasteiger partial charge on any atom is -0.508 e. The summed E-state index contributed by atoms with van der Waals surface area (Å²) < 4.78 is 0. The third-order valence-electron chi connectivity index (χ3n) is 3.58. The number of benzene rings is 1. The number of allylic oxidation sites excluding steroid dienone is 3. The summed E-state index contributed by atoms with van der Waals surface area (Å²) in [5.41, 5.74) is 2.71. The number of aliphatic hydroxyl groups is 1. The zero-order valence-corrected chi connectivity index (χ0v) is 10.6. The Morgan fingerprint density at radius 3 is 2.53 bits per heavy atom. The second-order valence-corrected chi connectivity index (χ2v) is 4.81. The predicted octanol–water partition coefficient (Wildman–Crippen LogP) is 4.51. The van der Waals surface area contributed by atoms with Gasteiger partial charge in [0, 0.05) is 0 Å². The lowest BCUT2D eigenvalue weighted by Gasteiger charge is -2.25. The highest BCUT2D eigenvalue weighted by Gasteiger charge is 2.20.